The maximum Gasteiger partial charge on any atom is 0.169 e. The molecular formula is C15H12FNO3. The van der Waals surface area contributed by atoms with Crippen LogP contribution in [0.2, 0.25) is 0 Å². The fraction of sp³-hybridized carbons (Fsp3) is 0.133. The van der Waals surface area contributed by atoms with Gasteiger partial charge in [0.05, 0.1) is 13.7 Å². The molecule has 1 N–H and O–H groups in total. The highest BCUT2D eigenvalue weighted by atomic mass is 19.1. The number of aliphatic hydroxyl groups excluding tert-OH is 1. The van der Waals surface area contributed by atoms with E-state index in [0.717, 1.165) is 0 Å². The molecule has 0 unspecified atom stereocenters. The molecule has 0 saturated carbocycles. The number of nitriles is 1. The van der Waals surface area contributed by atoms with Crippen LogP contribution in [0.3, 0.4) is 0 Å². The Kier molecular flexibility index (Phi) is 4.18. The fourth-order valence-corrected chi connectivity index (χ4v) is 1.71. The molecule has 0 spiro atoms. The molecule has 0 aliphatic rings. The van der Waals surface area contributed by atoms with Crippen LogP contribution in [-0.2, 0) is 6.61 Å². The van der Waals surface area contributed by atoms with Crippen LogP contribution in [0.1, 0.15) is 11.1 Å². The van der Waals surface area contributed by atoms with E-state index < -0.39 is 5.82 Å². The van der Waals surface area contributed by atoms with Crippen LogP contribution in [-0.4, -0.2) is 12.2 Å². The van der Waals surface area contributed by atoms with Gasteiger partial charge in [0, 0.05) is 0 Å². The number of benzene rings is 2. The topological polar surface area (TPSA) is 62.5 Å². The van der Waals surface area contributed by atoms with Crippen LogP contribution in [0.25, 0.3) is 0 Å². The molecule has 0 bridgehead atoms. The van der Waals surface area contributed by atoms with Crippen LogP contribution < -0.4 is 9.47 Å². The molecule has 2 aromatic rings. The first-order valence-corrected chi connectivity index (χ1v) is 5.84. The van der Waals surface area contributed by atoms with E-state index in [9.17, 15) is 4.39 Å². The Bertz CT molecular complexity index is 665. The maximum absolute atomic E-state index is 13.5. The van der Waals surface area contributed by atoms with Crippen molar-refractivity contribution in [3.8, 4) is 23.3 Å². The van der Waals surface area contributed by atoms with E-state index in [1.54, 1.807) is 24.3 Å². The largest absolute Gasteiger partial charge is 0.493 e. The molecule has 0 aliphatic carbocycles. The predicted molar refractivity (Wildman–Crippen MR) is 70.1 cm³/mol. The summed E-state index contributed by atoms with van der Waals surface area (Å²) in [6.07, 6.45) is 0. The smallest absolute Gasteiger partial charge is 0.169 e. The Balaban J connectivity index is 2.40. The van der Waals surface area contributed by atoms with Gasteiger partial charge in [0.1, 0.15) is 23.2 Å². The lowest BCUT2D eigenvalue weighted by Gasteiger charge is -2.12. The second-order valence-corrected chi connectivity index (χ2v) is 3.97. The van der Waals surface area contributed by atoms with E-state index in [0.29, 0.717) is 17.1 Å². The first-order valence-electron chi connectivity index (χ1n) is 5.84. The van der Waals surface area contributed by atoms with Crippen LogP contribution in [0, 0.1) is 17.1 Å². The Morgan fingerprint density at radius 3 is 2.65 bits per heavy atom. The molecule has 0 amide bonds. The Morgan fingerprint density at radius 2 is 2.00 bits per heavy atom. The van der Waals surface area contributed by atoms with Crippen molar-refractivity contribution in [3.05, 3.63) is 53.3 Å². The minimum Gasteiger partial charge on any atom is -0.493 e. The predicted octanol–water partition coefficient (Wildman–Crippen LogP) is 2.99. The highest BCUT2D eigenvalue weighted by Gasteiger charge is 2.12. The number of aliphatic hydroxyl groups is 1. The summed E-state index contributed by atoms with van der Waals surface area (Å²) < 4.78 is 24.2. The van der Waals surface area contributed by atoms with E-state index in [1.807, 2.05) is 0 Å². The number of halogens is 1. The molecule has 0 aromatic heterocycles. The summed E-state index contributed by atoms with van der Waals surface area (Å²) in [5.74, 6) is 0.204. The number of hydrogen-bond donors (Lipinski definition) is 1. The standard InChI is InChI=1S/C15H12FNO3/c1-19-15-7-10(9-18)5-6-14(15)20-13-4-2-3-12(16)11(13)8-17/h2-7,18H,9H2,1H3. The first-order chi connectivity index (χ1) is 9.69. The van der Waals surface area contributed by atoms with Gasteiger partial charge in [-0.25, -0.2) is 4.39 Å². The molecule has 0 atom stereocenters. The molecule has 4 nitrogen and oxygen atoms in total. The summed E-state index contributed by atoms with van der Waals surface area (Å²) in [5, 5.41) is 18.0. The van der Waals surface area contributed by atoms with E-state index in [-0.39, 0.29) is 17.9 Å². The van der Waals surface area contributed by atoms with Gasteiger partial charge >= 0.3 is 0 Å². The van der Waals surface area contributed by atoms with Gasteiger partial charge in [-0.1, -0.05) is 12.1 Å². The fourth-order valence-electron chi connectivity index (χ4n) is 1.71. The summed E-state index contributed by atoms with van der Waals surface area (Å²) in [5.41, 5.74) is 0.495. The summed E-state index contributed by atoms with van der Waals surface area (Å²) in [7, 11) is 1.46. The molecule has 0 saturated heterocycles. The quantitative estimate of drug-likeness (QED) is 0.930. The van der Waals surface area contributed by atoms with Crippen molar-refractivity contribution in [2.45, 2.75) is 6.61 Å². The number of rotatable bonds is 4. The molecule has 102 valence electrons. The second-order valence-electron chi connectivity index (χ2n) is 3.97. The van der Waals surface area contributed by atoms with Gasteiger partial charge in [0.15, 0.2) is 11.5 Å². The minimum atomic E-state index is -0.643. The van der Waals surface area contributed by atoms with Gasteiger partial charge in [-0.05, 0) is 29.8 Å². The van der Waals surface area contributed by atoms with Gasteiger partial charge < -0.3 is 14.6 Å². The minimum absolute atomic E-state index is 0.113. The van der Waals surface area contributed by atoms with Gasteiger partial charge in [-0.15, -0.1) is 0 Å². The summed E-state index contributed by atoms with van der Waals surface area (Å²) in [4.78, 5) is 0. The van der Waals surface area contributed by atoms with Crippen molar-refractivity contribution in [1.82, 2.24) is 0 Å². The number of nitrogens with zero attached hydrogens (tertiary/aromatic N) is 1. The highest BCUT2D eigenvalue weighted by Crippen LogP contribution is 2.34. The van der Waals surface area contributed by atoms with E-state index in [4.69, 9.17) is 19.8 Å². The lowest BCUT2D eigenvalue weighted by atomic mass is 10.2. The van der Waals surface area contributed by atoms with Crippen molar-refractivity contribution in [3.63, 3.8) is 0 Å². The molecule has 2 aromatic carbocycles. The van der Waals surface area contributed by atoms with Crippen molar-refractivity contribution in [2.75, 3.05) is 7.11 Å². The molecular weight excluding hydrogens is 261 g/mol. The average molecular weight is 273 g/mol. The molecule has 0 radical (unpaired) electrons. The highest BCUT2D eigenvalue weighted by molar-refractivity contribution is 5.50. The Labute approximate surface area is 115 Å². The van der Waals surface area contributed by atoms with Gasteiger partial charge in [0.2, 0.25) is 0 Å². The zero-order chi connectivity index (χ0) is 14.5. The van der Waals surface area contributed by atoms with Crippen molar-refractivity contribution < 1.29 is 19.0 Å². The SMILES string of the molecule is COc1cc(CO)ccc1Oc1cccc(F)c1C#N. The van der Waals surface area contributed by atoms with Gasteiger partial charge in [0.25, 0.3) is 0 Å². The van der Waals surface area contributed by atoms with Crippen molar-refractivity contribution in [2.24, 2.45) is 0 Å². The summed E-state index contributed by atoms with van der Waals surface area (Å²) in [6.45, 7) is -0.125. The molecule has 0 fully saturated rings. The lowest BCUT2D eigenvalue weighted by molar-refractivity contribution is 0.280. The van der Waals surface area contributed by atoms with E-state index in [1.165, 1.54) is 25.3 Å². The van der Waals surface area contributed by atoms with E-state index >= 15 is 0 Å². The normalized spacial score (nSPS) is 9.90. The number of ether oxygens (including phenoxy) is 2. The second kappa shape index (κ2) is 6.04. The lowest BCUT2D eigenvalue weighted by Crippen LogP contribution is -1.95. The zero-order valence-electron chi connectivity index (χ0n) is 10.8. The number of hydrogen-bond acceptors (Lipinski definition) is 4. The third-order valence-electron chi connectivity index (χ3n) is 2.72. The molecule has 0 aliphatic heterocycles. The molecule has 2 rings (SSSR count). The van der Waals surface area contributed by atoms with Crippen LogP contribution in [0.5, 0.6) is 17.2 Å². The third-order valence-corrected chi connectivity index (χ3v) is 2.72. The molecule has 20 heavy (non-hydrogen) atoms. The first kappa shape index (κ1) is 13.8. The Morgan fingerprint density at radius 1 is 1.20 bits per heavy atom. The zero-order valence-corrected chi connectivity index (χ0v) is 10.8. The van der Waals surface area contributed by atoms with E-state index in [2.05, 4.69) is 0 Å². The van der Waals surface area contributed by atoms with Crippen LogP contribution >= 0.6 is 0 Å². The molecule has 0 heterocycles. The Hall–Kier alpha value is -2.58. The average Bonchev–Trinajstić information content (AvgIpc) is 2.48. The van der Waals surface area contributed by atoms with Crippen LogP contribution in [0.4, 0.5) is 4.39 Å². The maximum atomic E-state index is 13.5. The van der Waals surface area contributed by atoms with Crippen molar-refractivity contribution >= 4 is 0 Å². The molecule has 5 heteroatoms. The third kappa shape index (κ3) is 2.71. The van der Waals surface area contributed by atoms with Crippen LogP contribution in [0.15, 0.2) is 36.4 Å². The van der Waals surface area contributed by atoms with Gasteiger partial charge in [-0.2, -0.15) is 5.26 Å². The monoisotopic (exact) mass is 273 g/mol. The summed E-state index contributed by atoms with van der Waals surface area (Å²) in [6, 6.07) is 10.8. The van der Waals surface area contributed by atoms with Gasteiger partial charge in [-0.3, -0.25) is 0 Å². The number of methoxy groups -OCH3 is 1. The van der Waals surface area contributed by atoms with Crippen molar-refractivity contribution in [1.29, 1.82) is 5.26 Å². The summed E-state index contributed by atoms with van der Waals surface area (Å²) >= 11 is 0.